The zero-order valence-corrected chi connectivity index (χ0v) is 18.1. The number of hydrogen-bond acceptors (Lipinski definition) is 7. The Morgan fingerprint density at radius 3 is 2.21 bits per heavy atom. The van der Waals surface area contributed by atoms with Gasteiger partial charge in [-0.15, -0.1) is 0 Å². The van der Waals surface area contributed by atoms with Gasteiger partial charge in [0.05, 0.1) is 19.1 Å². The fourth-order valence-electron chi connectivity index (χ4n) is 3.36. The number of carbonyl (C=O) groups is 1. The summed E-state index contributed by atoms with van der Waals surface area (Å²) in [4.78, 5) is 27.1. The number of alkyl halides is 6. The largest absolute Gasteiger partial charge is 0.481 e. The van der Waals surface area contributed by atoms with Crippen molar-refractivity contribution >= 4 is 11.9 Å². The van der Waals surface area contributed by atoms with Gasteiger partial charge < -0.3 is 15.0 Å². The Morgan fingerprint density at radius 2 is 1.65 bits per heavy atom. The van der Waals surface area contributed by atoms with Crippen molar-refractivity contribution in [2.75, 3.05) is 51.3 Å². The molecule has 0 aromatic carbocycles. The van der Waals surface area contributed by atoms with Crippen molar-refractivity contribution in [1.82, 2.24) is 25.2 Å². The standard InChI is InChI=1S/C20H22F6N6O2/c1-34-17-15(20(24,25)26)8-13(10-28-17)9-16(33)27-2-3-31-4-6-32(7-5-31)18-29-11-14(12-30-18)19(21,22)23/h8,10-12H,2-7,9H2,1H3,(H,27,33). The molecule has 0 saturated carbocycles. The molecule has 0 bridgehead atoms. The normalized spacial score (nSPS) is 15.3. The van der Waals surface area contributed by atoms with Crippen molar-refractivity contribution < 1.29 is 35.9 Å². The zero-order valence-electron chi connectivity index (χ0n) is 18.1. The van der Waals surface area contributed by atoms with Crippen LogP contribution in [0.2, 0.25) is 0 Å². The molecule has 3 rings (SSSR count). The lowest BCUT2D eigenvalue weighted by molar-refractivity contribution is -0.139. The minimum Gasteiger partial charge on any atom is -0.481 e. The van der Waals surface area contributed by atoms with Crippen LogP contribution in [0, 0.1) is 0 Å². The van der Waals surface area contributed by atoms with Gasteiger partial charge in [-0.05, 0) is 11.6 Å². The summed E-state index contributed by atoms with van der Waals surface area (Å²) in [5.41, 5.74) is -1.85. The fraction of sp³-hybridized carbons (Fsp3) is 0.500. The van der Waals surface area contributed by atoms with E-state index in [1.807, 2.05) is 4.90 Å². The van der Waals surface area contributed by atoms with E-state index in [9.17, 15) is 31.1 Å². The first-order chi connectivity index (χ1) is 16.0. The van der Waals surface area contributed by atoms with E-state index in [0.717, 1.165) is 31.8 Å². The molecule has 1 aliphatic heterocycles. The molecule has 34 heavy (non-hydrogen) atoms. The van der Waals surface area contributed by atoms with E-state index >= 15 is 0 Å². The molecule has 14 heteroatoms. The third-order valence-electron chi connectivity index (χ3n) is 5.14. The highest BCUT2D eigenvalue weighted by Crippen LogP contribution is 2.35. The van der Waals surface area contributed by atoms with E-state index in [1.54, 1.807) is 4.90 Å². The van der Waals surface area contributed by atoms with Crippen molar-refractivity contribution in [1.29, 1.82) is 0 Å². The number of halogens is 6. The van der Waals surface area contributed by atoms with Gasteiger partial charge in [0.2, 0.25) is 17.7 Å². The first-order valence-corrected chi connectivity index (χ1v) is 10.2. The van der Waals surface area contributed by atoms with E-state index in [2.05, 4.69) is 25.0 Å². The van der Waals surface area contributed by atoms with Crippen LogP contribution in [0.1, 0.15) is 16.7 Å². The Kier molecular flexibility index (Phi) is 7.79. The minimum atomic E-state index is -4.65. The lowest BCUT2D eigenvalue weighted by Gasteiger charge is -2.34. The molecule has 0 unspecified atom stereocenters. The highest BCUT2D eigenvalue weighted by atomic mass is 19.4. The SMILES string of the molecule is COc1ncc(CC(=O)NCCN2CCN(c3ncc(C(F)(F)F)cn3)CC2)cc1C(F)(F)F. The fourth-order valence-corrected chi connectivity index (χ4v) is 3.36. The number of anilines is 1. The summed E-state index contributed by atoms with van der Waals surface area (Å²) in [5, 5.41) is 2.66. The average molecular weight is 492 g/mol. The first kappa shape index (κ1) is 25.5. The summed E-state index contributed by atoms with van der Waals surface area (Å²) in [7, 11) is 1.08. The number of aromatic nitrogens is 3. The Hall–Kier alpha value is -3.16. The molecule has 8 nitrogen and oxygen atoms in total. The van der Waals surface area contributed by atoms with Gasteiger partial charge in [-0.25, -0.2) is 15.0 Å². The smallest absolute Gasteiger partial charge is 0.421 e. The number of methoxy groups -OCH3 is 1. The molecular weight excluding hydrogens is 470 g/mol. The number of pyridine rings is 1. The molecule has 0 spiro atoms. The van der Waals surface area contributed by atoms with Crippen LogP contribution in [-0.4, -0.2) is 72.1 Å². The van der Waals surface area contributed by atoms with Crippen LogP contribution in [-0.2, 0) is 23.6 Å². The summed E-state index contributed by atoms with van der Waals surface area (Å²) in [6.45, 7) is 2.94. The van der Waals surface area contributed by atoms with E-state index < -0.39 is 35.3 Å². The van der Waals surface area contributed by atoms with E-state index in [-0.39, 0.29) is 24.5 Å². The minimum absolute atomic E-state index is 0.107. The maximum absolute atomic E-state index is 13.1. The molecule has 3 heterocycles. The number of nitrogens with one attached hydrogen (secondary N) is 1. The van der Waals surface area contributed by atoms with Crippen molar-refractivity contribution in [2.24, 2.45) is 0 Å². The maximum atomic E-state index is 13.1. The summed E-state index contributed by atoms with van der Waals surface area (Å²) >= 11 is 0. The van der Waals surface area contributed by atoms with E-state index in [4.69, 9.17) is 0 Å². The average Bonchev–Trinajstić information content (AvgIpc) is 2.78. The molecule has 1 N–H and O–H groups in total. The predicted molar refractivity (Wildman–Crippen MR) is 108 cm³/mol. The van der Waals surface area contributed by atoms with Crippen molar-refractivity contribution in [3.63, 3.8) is 0 Å². The molecule has 0 aliphatic carbocycles. The monoisotopic (exact) mass is 492 g/mol. The van der Waals surface area contributed by atoms with Crippen molar-refractivity contribution in [3.8, 4) is 5.88 Å². The van der Waals surface area contributed by atoms with E-state index in [1.165, 1.54) is 0 Å². The Balaban J connectivity index is 1.42. The summed E-state index contributed by atoms with van der Waals surface area (Å²) in [5.74, 6) is -0.790. The van der Waals surface area contributed by atoms with Gasteiger partial charge in [0.1, 0.15) is 5.56 Å². The summed E-state index contributed by atoms with van der Waals surface area (Å²) in [6.07, 6.45) is -6.75. The topological polar surface area (TPSA) is 83.5 Å². The third kappa shape index (κ3) is 6.68. The molecule has 2 aromatic rings. The van der Waals surface area contributed by atoms with Gasteiger partial charge in [-0.2, -0.15) is 26.3 Å². The highest BCUT2D eigenvalue weighted by molar-refractivity contribution is 5.78. The molecule has 0 radical (unpaired) electrons. The predicted octanol–water partition coefficient (Wildman–Crippen LogP) is 2.40. The number of carbonyl (C=O) groups excluding carboxylic acids is 1. The summed E-state index contributed by atoms with van der Waals surface area (Å²) < 4.78 is 81.7. The van der Waals surface area contributed by atoms with Crippen molar-refractivity contribution in [3.05, 3.63) is 41.3 Å². The first-order valence-electron chi connectivity index (χ1n) is 10.2. The molecule has 0 atom stereocenters. The second-order valence-electron chi connectivity index (χ2n) is 7.52. The molecule has 1 amide bonds. The molecule has 2 aromatic heterocycles. The van der Waals surface area contributed by atoms with Gasteiger partial charge in [0, 0.05) is 57.9 Å². The number of nitrogens with zero attached hydrogens (tertiary/aromatic N) is 5. The van der Waals surface area contributed by atoms with Crippen LogP contribution in [0.5, 0.6) is 5.88 Å². The van der Waals surface area contributed by atoms with Crippen LogP contribution >= 0.6 is 0 Å². The van der Waals surface area contributed by atoms with Crippen LogP contribution < -0.4 is 15.0 Å². The Bertz CT molecular complexity index is 975. The number of amides is 1. The van der Waals surface area contributed by atoms with Gasteiger partial charge >= 0.3 is 12.4 Å². The number of rotatable bonds is 7. The molecule has 1 aliphatic rings. The van der Waals surface area contributed by atoms with Crippen LogP contribution in [0.25, 0.3) is 0 Å². The second kappa shape index (κ2) is 10.4. The third-order valence-corrected chi connectivity index (χ3v) is 5.14. The number of hydrogen-bond donors (Lipinski definition) is 1. The van der Waals surface area contributed by atoms with Gasteiger partial charge in [0.25, 0.3) is 0 Å². The Morgan fingerprint density at radius 1 is 1.00 bits per heavy atom. The van der Waals surface area contributed by atoms with Gasteiger partial charge in [0.15, 0.2) is 0 Å². The maximum Gasteiger partial charge on any atom is 0.421 e. The Labute approximate surface area is 190 Å². The lowest BCUT2D eigenvalue weighted by atomic mass is 10.1. The number of ether oxygens (including phenoxy) is 1. The van der Waals surface area contributed by atoms with Crippen LogP contribution in [0.3, 0.4) is 0 Å². The quantitative estimate of drug-likeness (QED) is 0.595. The number of piperazine rings is 1. The van der Waals surface area contributed by atoms with Crippen molar-refractivity contribution in [2.45, 2.75) is 18.8 Å². The highest BCUT2D eigenvalue weighted by Gasteiger charge is 2.35. The summed E-state index contributed by atoms with van der Waals surface area (Å²) in [6, 6.07) is 0.841. The van der Waals surface area contributed by atoms with Gasteiger partial charge in [-0.1, -0.05) is 0 Å². The van der Waals surface area contributed by atoms with Crippen LogP contribution in [0.4, 0.5) is 32.3 Å². The zero-order chi connectivity index (χ0) is 24.9. The molecular formula is C20H22F6N6O2. The van der Waals surface area contributed by atoms with Crippen LogP contribution in [0.15, 0.2) is 24.7 Å². The van der Waals surface area contributed by atoms with E-state index in [0.29, 0.717) is 32.7 Å². The van der Waals surface area contributed by atoms with Gasteiger partial charge in [-0.3, -0.25) is 9.69 Å². The molecule has 1 saturated heterocycles. The molecule has 186 valence electrons. The second-order valence-corrected chi connectivity index (χ2v) is 7.52. The lowest BCUT2D eigenvalue weighted by Crippen LogP contribution is -2.49. The molecule has 1 fully saturated rings.